The molecular formula is C6H12S. The standard InChI is InChI=1S/C6H12S/c1-3-4-6(2)5-7/h3-4,6-7H,5H2,1-2H3. The maximum atomic E-state index is 4.10. The van der Waals surface area contributed by atoms with Gasteiger partial charge in [0.25, 0.3) is 0 Å². The molecule has 1 atom stereocenters. The smallest absolute Gasteiger partial charge is 0.00375 e. The minimum Gasteiger partial charge on any atom is -0.179 e. The van der Waals surface area contributed by atoms with Crippen molar-refractivity contribution in [3.8, 4) is 0 Å². The van der Waals surface area contributed by atoms with E-state index in [2.05, 4.69) is 31.7 Å². The largest absolute Gasteiger partial charge is 0.179 e. The molecule has 0 saturated carbocycles. The van der Waals surface area contributed by atoms with Crippen LogP contribution in [0.4, 0.5) is 0 Å². The molecule has 0 heterocycles. The number of thiol groups is 1. The van der Waals surface area contributed by atoms with Crippen LogP contribution < -0.4 is 0 Å². The zero-order chi connectivity index (χ0) is 5.70. The highest BCUT2D eigenvalue weighted by molar-refractivity contribution is 7.80. The Morgan fingerprint density at radius 2 is 2.29 bits per heavy atom. The molecule has 0 radical (unpaired) electrons. The molecule has 0 saturated heterocycles. The van der Waals surface area contributed by atoms with Gasteiger partial charge >= 0.3 is 0 Å². The first-order valence-corrected chi connectivity index (χ1v) is 3.18. The van der Waals surface area contributed by atoms with E-state index in [9.17, 15) is 0 Å². The first kappa shape index (κ1) is 7.09. The van der Waals surface area contributed by atoms with Crippen molar-refractivity contribution in [2.45, 2.75) is 13.8 Å². The second kappa shape index (κ2) is 4.25. The highest BCUT2D eigenvalue weighted by Gasteiger charge is 1.86. The molecular weight excluding hydrogens is 104 g/mol. The van der Waals surface area contributed by atoms with Crippen LogP contribution in [0.15, 0.2) is 12.2 Å². The van der Waals surface area contributed by atoms with Crippen LogP contribution in [0.5, 0.6) is 0 Å². The van der Waals surface area contributed by atoms with Crippen LogP contribution in [-0.4, -0.2) is 5.75 Å². The number of hydrogen-bond acceptors (Lipinski definition) is 1. The molecule has 42 valence electrons. The quantitative estimate of drug-likeness (QED) is 0.414. The van der Waals surface area contributed by atoms with Gasteiger partial charge in [0.2, 0.25) is 0 Å². The SMILES string of the molecule is CC=CC(C)CS. The zero-order valence-electron chi connectivity index (χ0n) is 4.89. The van der Waals surface area contributed by atoms with Crippen LogP contribution in [0.25, 0.3) is 0 Å². The lowest BCUT2D eigenvalue weighted by molar-refractivity contribution is 0.848. The van der Waals surface area contributed by atoms with Crippen LogP contribution in [0.3, 0.4) is 0 Å². The predicted octanol–water partition coefficient (Wildman–Crippen LogP) is 2.13. The Kier molecular flexibility index (Phi) is 4.31. The van der Waals surface area contributed by atoms with Crippen molar-refractivity contribution in [2.24, 2.45) is 5.92 Å². The summed E-state index contributed by atoms with van der Waals surface area (Å²) in [4.78, 5) is 0. The molecule has 1 heteroatoms. The summed E-state index contributed by atoms with van der Waals surface area (Å²) >= 11 is 4.10. The fourth-order valence-electron chi connectivity index (χ4n) is 0.389. The lowest BCUT2D eigenvalue weighted by Gasteiger charge is -1.95. The van der Waals surface area contributed by atoms with Crippen LogP contribution in [0.2, 0.25) is 0 Å². The van der Waals surface area contributed by atoms with Crippen molar-refractivity contribution in [2.75, 3.05) is 5.75 Å². The van der Waals surface area contributed by atoms with Gasteiger partial charge in [0.05, 0.1) is 0 Å². The van der Waals surface area contributed by atoms with Gasteiger partial charge in [-0.15, -0.1) is 0 Å². The van der Waals surface area contributed by atoms with Gasteiger partial charge in [0.1, 0.15) is 0 Å². The molecule has 0 amide bonds. The van der Waals surface area contributed by atoms with E-state index in [4.69, 9.17) is 0 Å². The second-order valence-corrected chi connectivity index (χ2v) is 2.05. The average Bonchev–Trinajstić information content (AvgIpc) is 1.68. The Hall–Kier alpha value is 0.0900. The van der Waals surface area contributed by atoms with E-state index in [0.29, 0.717) is 5.92 Å². The molecule has 0 aliphatic rings. The molecule has 0 aromatic rings. The molecule has 0 aromatic heterocycles. The Balaban J connectivity index is 3.16. The summed E-state index contributed by atoms with van der Waals surface area (Å²) in [6.45, 7) is 4.17. The maximum absolute atomic E-state index is 4.10. The first-order chi connectivity index (χ1) is 3.31. The van der Waals surface area contributed by atoms with Crippen molar-refractivity contribution >= 4 is 12.6 Å². The Labute approximate surface area is 51.0 Å². The third-order valence-electron chi connectivity index (χ3n) is 0.809. The van der Waals surface area contributed by atoms with Gasteiger partial charge in [-0.2, -0.15) is 12.6 Å². The summed E-state index contributed by atoms with van der Waals surface area (Å²) in [7, 11) is 0. The van der Waals surface area contributed by atoms with Gasteiger partial charge in [-0.25, -0.2) is 0 Å². The summed E-state index contributed by atoms with van der Waals surface area (Å²) in [5.74, 6) is 1.58. The van der Waals surface area contributed by atoms with Gasteiger partial charge in [0, 0.05) is 0 Å². The second-order valence-electron chi connectivity index (χ2n) is 1.69. The molecule has 7 heavy (non-hydrogen) atoms. The van der Waals surface area contributed by atoms with Crippen LogP contribution in [0, 0.1) is 5.92 Å². The van der Waals surface area contributed by atoms with Gasteiger partial charge in [-0.3, -0.25) is 0 Å². The van der Waals surface area contributed by atoms with Crippen molar-refractivity contribution in [1.82, 2.24) is 0 Å². The molecule has 0 rings (SSSR count). The highest BCUT2D eigenvalue weighted by Crippen LogP contribution is 1.97. The molecule has 0 bridgehead atoms. The van der Waals surface area contributed by atoms with E-state index in [1.165, 1.54) is 0 Å². The highest BCUT2D eigenvalue weighted by atomic mass is 32.1. The molecule has 0 aromatic carbocycles. The molecule has 0 aliphatic heterocycles. The Morgan fingerprint density at radius 3 is 2.43 bits per heavy atom. The van der Waals surface area contributed by atoms with Gasteiger partial charge in [-0.05, 0) is 18.6 Å². The van der Waals surface area contributed by atoms with E-state index >= 15 is 0 Å². The lowest BCUT2D eigenvalue weighted by Crippen LogP contribution is -1.87. The van der Waals surface area contributed by atoms with Crippen LogP contribution >= 0.6 is 12.6 Å². The van der Waals surface area contributed by atoms with Gasteiger partial charge in [0.15, 0.2) is 0 Å². The maximum Gasteiger partial charge on any atom is -0.00375 e. The van der Waals surface area contributed by atoms with Gasteiger partial charge < -0.3 is 0 Å². The molecule has 0 N–H and O–H groups in total. The number of hydrogen-bond donors (Lipinski definition) is 1. The molecule has 0 fully saturated rings. The molecule has 0 aliphatic carbocycles. The number of rotatable bonds is 2. The van der Waals surface area contributed by atoms with Crippen LogP contribution in [0.1, 0.15) is 13.8 Å². The molecule has 0 spiro atoms. The lowest BCUT2D eigenvalue weighted by atomic mass is 10.2. The van der Waals surface area contributed by atoms with E-state index in [1.807, 2.05) is 6.92 Å². The van der Waals surface area contributed by atoms with Gasteiger partial charge in [-0.1, -0.05) is 19.1 Å². The Bertz CT molecular complexity index is 57.2. The molecule has 0 nitrogen and oxygen atoms in total. The first-order valence-electron chi connectivity index (χ1n) is 2.55. The average molecular weight is 116 g/mol. The van der Waals surface area contributed by atoms with Crippen molar-refractivity contribution < 1.29 is 0 Å². The minimum absolute atomic E-state index is 0.633. The van der Waals surface area contributed by atoms with Crippen LogP contribution in [-0.2, 0) is 0 Å². The summed E-state index contributed by atoms with van der Waals surface area (Å²) in [5.41, 5.74) is 0. The number of allylic oxidation sites excluding steroid dienone is 2. The normalized spacial score (nSPS) is 15.3. The van der Waals surface area contributed by atoms with Crippen molar-refractivity contribution in [3.63, 3.8) is 0 Å². The summed E-state index contributed by atoms with van der Waals surface area (Å²) in [6.07, 6.45) is 4.20. The fraction of sp³-hybridized carbons (Fsp3) is 0.667. The monoisotopic (exact) mass is 116 g/mol. The zero-order valence-corrected chi connectivity index (χ0v) is 5.78. The Morgan fingerprint density at radius 1 is 1.71 bits per heavy atom. The van der Waals surface area contributed by atoms with Crippen molar-refractivity contribution in [3.05, 3.63) is 12.2 Å². The van der Waals surface area contributed by atoms with E-state index in [-0.39, 0.29) is 0 Å². The van der Waals surface area contributed by atoms with E-state index < -0.39 is 0 Å². The summed E-state index contributed by atoms with van der Waals surface area (Å²) in [6, 6.07) is 0. The molecule has 1 unspecified atom stereocenters. The fourth-order valence-corrected chi connectivity index (χ4v) is 0.511. The summed E-state index contributed by atoms with van der Waals surface area (Å²) in [5, 5.41) is 0. The topological polar surface area (TPSA) is 0 Å². The van der Waals surface area contributed by atoms with E-state index in [1.54, 1.807) is 0 Å². The summed E-state index contributed by atoms with van der Waals surface area (Å²) < 4.78 is 0. The minimum atomic E-state index is 0.633. The third-order valence-corrected chi connectivity index (χ3v) is 1.38. The third kappa shape index (κ3) is 3.93. The van der Waals surface area contributed by atoms with Crippen molar-refractivity contribution in [1.29, 1.82) is 0 Å². The predicted molar refractivity (Wildman–Crippen MR) is 37.8 cm³/mol. The van der Waals surface area contributed by atoms with E-state index in [0.717, 1.165) is 5.75 Å².